The fraction of sp³-hybridized carbons (Fsp3) is 0.435. The SMILES string of the molecule is C[C@@H]1CN(c2c(C#N)cnc3c(Cl)c(F)ccc23)CC[C@@H]1C(=O)N1CCn2c(nnc2C(F)(F)F)C1. The first-order valence-electron chi connectivity index (χ1n) is 11.3. The highest BCUT2D eigenvalue weighted by Gasteiger charge is 2.41. The number of nitriles is 1. The number of halogens is 5. The van der Waals surface area contributed by atoms with Crippen molar-refractivity contribution < 1.29 is 22.4 Å². The highest BCUT2D eigenvalue weighted by molar-refractivity contribution is 6.35. The predicted molar refractivity (Wildman–Crippen MR) is 121 cm³/mol. The zero-order valence-electron chi connectivity index (χ0n) is 19.1. The number of aromatic nitrogens is 4. The molecule has 2 aliphatic rings. The van der Waals surface area contributed by atoms with Crippen LogP contribution in [0.25, 0.3) is 10.9 Å². The van der Waals surface area contributed by atoms with Crippen molar-refractivity contribution in [1.29, 1.82) is 5.26 Å². The van der Waals surface area contributed by atoms with E-state index in [9.17, 15) is 27.6 Å². The normalized spacial score (nSPS) is 20.4. The van der Waals surface area contributed by atoms with Gasteiger partial charge in [0.15, 0.2) is 5.82 Å². The van der Waals surface area contributed by atoms with Crippen molar-refractivity contribution in [1.82, 2.24) is 24.6 Å². The molecule has 0 aliphatic carbocycles. The minimum absolute atomic E-state index is 0.0258. The van der Waals surface area contributed by atoms with Crippen molar-refractivity contribution in [3.63, 3.8) is 0 Å². The molecule has 0 saturated carbocycles. The first-order chi connectivity index (χ1) is 17.1. The summed E-state index contributed by atoms with van der Waals surface area (Å²) in [5.41, 5.74) is 1.16. The summed E-state index contributed by atoms with van der Waals surface area (Å²) in [6.45, 7) is 2.89. The van der Waals surface area contributed by atoms with E-state index < -0.39 is 17.8 Å². The molecular formula is C23H20ClF4N7O. The van der Waals surface area contributed by atoms with Gasteiger partial charge in [0.05, 0.1) is 23.3 Å². The molecule has 1 fully saturated rings. The number of hydrogen-bond acceptors (Lipinski definition) is 6. The molecule has 0 radical (unpaired) electrons. The number of hydrogen-bond donors (Lipinski definition) is 0. The van der Waals surface area contributed by atoms with E-state index in [0.29, 0.717) is 36.1 Å². The zero-order chi connectivity index (χ0) is 25.8. The lowest BCUT2D eigenvalue weighted by molar-refractivity contribution is -0.148. The molecule has 0 spiro atoms. The Morgan fingerprint density at radius 1 is 1.22 bits per heavy atom. The van der Waals surface area contributed by atoms with Gasteiger partial charge in [-0.1, -0.05) is 18.5 Å². The monoisotopic (exact) mass is 521 g/mol. The van der Waals surface area contributed by atoms with Gasteiger partial charge in [0.25, 0.3) is 0 Å². The second-order valence-electron chi connectivity index (χ2n) is 9.06. The van der Waals surface area contributed by atoms with Gasteiger partial charge in [-0.2, -0.15) is 18.4 Å². The zero-order valence-corrected chi connectivity index (χ0v) is 19.8. The molecule has 36 heavy (non-hydrogen) atoms. The van der Waals surface area contributed by atoms with Crippen molar-refractivity contribution in [2.45, 2.75) is 32.6 Å². The lowest BCUT2D eigenvalue weighted by Crippen LogP contribution is -2.49. The summed E-state index contributed by atoms with van der Waals surface area (Å²) in [5, 5.41) is 17.0. The molecular weight excluding hydrogens is 502 g/mol. The Bertz CT molecular complexity index is 1400. The minimum atomic E-state index is -4.60. The van der Waals surface area contributed by atoms with Crippen LogP contribution in [0.2, 0.25) is 5.02 Å². The lowest BCUT2D eigenvalue weighted by Gasteiger charge is -2.40. The Hall–Kier alpha value is -3.46. The molecule has 1 saturated heterocycles. The molecule has 13 heteroatoms. The molecule has 8 nitrogen and oxygen atoms in total. The number of amides is 1. The first-order valence-corrected chi connectivity index (χ1v) is 11.7. The van der Waals surface area contributed by atoms with E-state index in [1.54, 1.807) is 6.07 Å². The molecule has 5 rings (SSSR count). The standard InChI is InChI=1S/C23H20ClF4N7O/c1-12-10-33(20-13(8-29)9-30-19-15(20)2-3-16(25)18(19)24)5-4-14(12)21(36)34-6-7-35-17(11-34)31-32-22(35)23(26,27)28/h2-3,9,12,14H,4-7,10-11H2,1H3/t12-,14+/m1/s1. The number of carbonyl (C=O) groups excluding carboxylic acids is 1. The maximum Gasteiger partial charge on any atom is 0.451 e. The Morgan fingerprint density at radius 3 is 2.69 bits per heavy atom. The Balaban J connectivity index is 1.35. The average Bonchev–Trinajstić information content (AvgIpc) is 3.29. The third-order valence-corrected chi connectivity index (χ3v) is 7.24. The molecule has 188 valence electrons. The third kappa shape index (κ3) is 4.01. The van der Waals surface area contributed by atoms with Gasteiger partial charge >= 0.3 is 6.18 Å². The van der Waals surface area contributed by atoms with Crippen LogP contribution in [0, 0.1) is 29.0 Å². The quantitative estimate of drug-likeness (QED) is 0.473. The molecule has 2 atom stereocenters. The van der Waals surface area contributed by atoms with Crippen LogP contribution in [-0.4, -0.2) is 50.2 Å². The second kappa shape index (κ2) is 8.89. The van der Waals surface area contributed by atoms with E-state index >= 15 is 0 Å². The summed E-state index contributed by atoms with van der Waals surface area (Å²) >= 11 is 6.11. The van der Waals surface area contributed by atoms with Crippen molar-refractivity contribution >= 4 is 34.1 Å². The number of piperidine rings is 1. The van der Waals surface area contributed by atoms with Gasteiger partial charge < -0.3 is 14.4 Å². The van der Waals surface area contributed by atoms with E-state index in [0.717, 1.165) is 4.57 Å². The topological polar surface area (TPSA) is 90.9 Å². The van der Waals surface area contributed by atoms with Crippen molar-refractivity contribution in [3.8, 4) is 6.07 Å². The van der Waals surface area contributed by atoms with Gasteiger partial charge in [-0.25, -0.2) is 4.39 Å². The van der Waals surface area contributed by atoms with Gasteiger partial charge in [0.1, 0.15) is 16.9 Å². The first kappa shape index (κ1) is 24.2. The maximum atomic E-state index is 14.0. The molecule has 2 aromatic heterocycles. The smallest absolute Gasteiger partial charge is 0.370 e. The molecule has 0 unspecified atom stereocenters. The van der Waals surface area contributed by atoms with Crippen LogP contribution >= 0.6 is 11.6 Å². The van der Waals surface area contributed by atoms with E-state index in [4.69, 9.17) is 11.6 Å². The Kier molecular flexibility index (Phi) is 5.98. The van der Waals surface area contributed by atoms with Crippen molar-refractivity contribution in [2.75, 3.05) is 24.5 Å². The minimum Gasteiger partial charge on any atom is -0.370 e. The molecule has 0 bridgehead atoms. The number of carbonyl (C=O) groups is 1. The number of nitrogens with zero attached hydrogens (tertiary/aromatic N) is 7. The molecule has 1 amide bonds. The lowest BCUT2D eigenvalue weighted by atomic mass is 9.85. The van der Waals surface area contributed by atoms with E-state index in [1.165, 1.54) is 17.2 Å². The molecule has 4 heterocycles. The van der Waals surface area contributed by atoms with Crippen molar-refractivity contribution in [2.24, 2.45) is 11.8 Å². The molecule has 3 aromatic rings. The molecule has 2 aliphatic heterocycles. The van der Waals surface area contributed by atoms with Crippen LogP contribution in [0.15, 0.2) is 18.3 Å². The van der Waals surface area contributed by atoms with Crippen LogP contribution in [0.5, 0.6) is 0 Å². The number of rotatable bonds is 2. The number of alkyl halides is 3. The maximum absolute atomic E-state index is 14.0. The van der Waals surface area contributed by atoms with E-state index in [-0.39, 0.29) is 53.7 Å². The van der Waals surface area contributed by atoms with Crippen molar-refractivity contribution in [3.05, 3.63) is 46.4 Å². The molecule has 0 N–H and O–H groups in total. The van der Waals surface area contributed by atoms with Gasteiger partial charge in [0, 0.05) is 43.7 Å². The van der Waals surface area contributed by atoms with Crippen LogP contribution in [0.1, 0.15) is 30.6 Å². The van der Waals surface area contributed by atoms with Gasteiger partial charge in [-0.15, -0.1) is 10.2 Å². The summed E-state index contributed by atoms with van der Waals surface area (Å²) in [6, 6.07) is 4.90. The highest BCUT2D eigenvalue weighted by atomic mass is 35.5. The summed E-state index contributed by atoms with van der Waals surface area (Å²) in [6.07, 6.45) is -2.77. The van der Waals surface area contributed by atoms with Gasteiger partial charge in [-0.05, 0) is 24.5 Å². The number of fused-ring (bicyclic) bond motifs is 2. The highest BCUT2D eigenvalue weighted by Crippen LogP contribution is 2.38. The predicted octanol–water partition coefficient (Wildman–Crippen LogP) is 4.01. The Morgan fingerprint density at radius 2 is 2.00 bits per heavy atom. The second-order valence-corrected chi connectivity index (χ2v) is 9.44. The Labute approximate surface area is 208 Å². The third-order valence-electron chi connectivity index (χ3n) is 6.88. The number of pyridine rings is 1. The summed E-state index contributed by atoms with van der Waals surface area (Å²) in [5.74, 6) is -2.16. The van der Waals surface area contributed by atoms with E-state index in [2.05, 4.69) is 21.3 Å². The van der Waals surface area contributed by atoms with Gasteiger partial charge in [0.2, 0.25) is 11.7 Å². The fourth-order valence-electron chi connectivity index (χ4n) is 5.12. The van der Waals surface area contributed by atoms with Crippen LogP contribution < -0.4 is 4.90 Å². The van der Waals surface area contributed by atoms with Crippen LogP contribution in [-0.2, 0) is 24.1 Å². The number of anilines is 1. The summed E-state index contributed by atoms with van der Waals surface area (Å²) in [7, 11) is 0. The van der Waals surface area contributed by atoms with Crippen LogP contribution in [0.3, 0.4) is 0 Å². The van der Waals surface area contributed by atoms with Gasteiger partial charge in [-0.3, -0.25) is 9.78 Å². The summed E-state index contributed by atoms with van der Waals surface area (Å²) < 4.78 is 54.3. The number of benzene rings is 1. The largest absolute Gasteiger partial charge is 0.451 e. The fourth-order valence-corrected chi connectivity index (χ4v) is 5.33. The summed E-state index contributed by atoms with van der Waals surface area (Å²) in [4.78, 5) is 21.0. The molecule has 1 aromatic carbocycles. The van der Waals surface area contributed by atoms with Crippen LogP contribution in [0.4, 0.5) is 23.2 Å². The average molecular weight is 522 g/mol. The van der Waals surface area contributed by atoms with E-state index in [1.807, 2.05) is 11.8 Å².